The molecule has 1 aromatic rings. The Bertz CT molecular complexity index is 400. The van der Waals surface area contributed by atoms with Gasteiger partial charge in [-0.05, 0) is 5.56 Å². The van der Waals surface area contributed by atoms with E-state index in [0.29, 0.717) is 0 Å². The minimum Gasteiger partial charge on any atom is -0.216 e. The summed E-state index contributed by atoms with van der Waals surface area (Å²) >= 11 is 0. The summed E-state index contributed by atoms with van der Waals surface area (Å²) in [6.45, 7) is 3.54. The molecule has 5 heteroatoms. The molecule has 1 aromatic carbocycles. The molecule has 0 aliphatic heterocycles. The summed E-state index contributed by atoms with van der Waals surface area (Å²) in [5, 5.41) is 4.86. The first-order valence-electron chi connectivity index (χ1n) is 4.00. The van der Waals surface area contributed by atoms with E-state index in [2.05, 4.69) is 11.3 Å². The number of nitrogens with one attached hydrogen (secondary N) is 1. The monoisotopic (exact) mass is 212 g/mol. The van der Waals surface area contributed by atoms with E-state index in [1.807, 2.05) is 18.2 Å². The van der Waals surface area contributed by atoms with Crippen molar-refractivity contribution in [2.45, 2.75) is 6.04 Å². The molecule has 0 fully saturated rings. The molecule has 14 heavy (non-hydrogen) atoms. The number of benzene rings is 1. The molecule has 0 saturated carbocycles. The summed E-state index contributed by atoms with van der Waals surface area (Å²) in [4.78, 5) is 0. The Hall–Kier alpha value is -1.17. The van der Waals surface area contributed by atoms with Crippen molar-refractivity contribution in [1.82, 2.24) is 4.72 Å². The van der Waals surface area contributed by atoms with E-state index in [9.17, 15) is 8.42 Å². The summed E-state index contributed by atoms with van der Waals surface area (Å²) in [6.07, 6.45) is 1.49. The van der Waals surface area contributed by atoms with Crippen molar-refractivity contribution in [3.8, 4) is 0 Å². The summed E-state index contributed by atoms with van der Waals surface area (Å²) < 4.78 is 23.8. The molecule has 0 aliphatic carbocycles. The van der Waals surface area contributed by atoms with Gasteiger partial charge in [-0.3, -0.25) is 0 Å². The molecule has 1 rings (SSSR count). The van der Waals surface area contributed by atoms with Crippen LogP contribution in [0.15, 0.2) is 43.0 Å². The van der Waals surface area contributed by atoms with Gasteiger partial charge in [0, 0.05) is 0 Å². The molecule has 0 aromatic heterocycles. The summed E-state index contributed by atoms with van der Waals surface area (Å²) in [7, 11) is -3.70. The highest BCUT2D eigenvalue weighted by atomic mass is 32.2. The Morgan fingerprint density at radius 1 is 1.36 bits per heavy atom. The molecule has 0 saturated heterocycles. The molecule has 4 nitrogen and oxygen atoms in total. The third-order valence-electron chi connectivity index (χ3n) is 1.69. The smallest absolute Gasteiger partial charge is 0.216 e. The van der Waals surface area contributed by atoms with Crippen molar-refractivity contribution in [2.75, 3.05) is 0 Å². The number of hydrogen-bond donors (Lipinski definition) is 2. The maximum absolute atomic E-state index is 10.8. The average molecular weight is 212 g/mol. The van der Waals surface area contributed by atoms with Crippen molar-refractivity contribution in [3.63, 3.8) is 0 Å². The Kier molecular flexibility index (Phi) is 3.40. The van der Waals surface area contributed by atoms with Crippen LogP contribution in [0.2, 0.25) is 0 Å². The van der Waals surface area contributed by atoms with Gasteiger partial charge in [0.2, 0.25) is 0 Å². The Morgan fingerprint density at radius 3 is 2.36 bits per heavy atom. The second-order valence-corrected chi connectivity index (χ2v) is 4.11. The second kappa shape index (κ2) is 4.36. The Labute approximate surface area is 83.6 Å². The zero-order valence-corrected chi connectivity index (χ0v) is 8.37. The van der Waals surface area contributed by atoms with E-state index in [4.69, 9.17) is 5.14 Å². The number of nitrogens with two attached hydrogens (primary N) is 1. The lowest BCUT2D eigenvalue weighted by molar-refractivity contribution is 0.576. The van der Waals surface area contributed by atoms with Crippen molar-refractivity contribution in [3.05, 3.63) is 48.6 Å². The van der Waals surface area contributed by atoms with E-state index >= 15 is 0 Å². The van der Waals surface area contributed by atoms with Crippen LogP contribution in [0.3, 0.4) is 0 Å². The molecule has 0 aliphatic rings. The molecule has 0 amide bonds. The van der Waals surface area contributed by atoms with Gasteiger partial charge in [0.15, 0.2) is 0 Å². The van der Waals surface area contributed by atoms with Gasteiger partial charge in [-0.15, -0.1) is 6.58 Å². The van der Waals surface area contributed by atoms with E-state index in [1.54, 1.807) is 12.1 Å². The lowest BCUT2D eigenvalue weighted by Gasteiger charge is -2.12. The number of hydrogen-bond acceptors (Lipinski definition) is 2. The van der Waals surface area contributed by atoms with Crippen LogP contribution in [0.1, 0.15) is 11.6 Å². The van der Waals surface area contributed by atoms with Crippen LogP contribution in [0.5, 0.6) is 0 Å². The van der Waals surface area contributed by atoms with Crippen LogP contribution in [0, 0.1) is 0 Å². The topological polar surface area (TPSA) is 72.2 Å². The van der Waals surface area contributed by atoms with E-state index < -0.39 is 16.3 Å². The zero-order chi connectivity index (χ0) is 10.6. The molecular weight excluding hydrogens is 200 g/mol. The van der Waals surface area contributed by atoms with Gasteiger partial charge in [0.1, 0.15) is 0 Å². The van der Waals surface area contributed by atoms with Crippen molar-refractivity contribution >= 4 is 10.2 Å². The normalized spacial score (nSPS) is 13.5. The molecule has 1 unspecified atom stereocenters. The molecule has 76 valence electrons. The average Bonchev–Trinajstić information content (AvgIpc) is 2.14. The first-order valence-corrected chi connectivity index (χ1v) is 5.55. The summed E-state index contributed by atoms with van der Waals surface area (Å²) in [5.41, 5.74) is 0.802. The predicted octanol–water partition coefficient (Wildman–Crippen LogP) is 0.707. The van der Waals surface area contributed by atoms with Gasteiger partial charge < -0.3 is 0 Å². The fraction of sp³-hybridized carbons (Fsp3) is 0.111. The van der Waals surface area contributed by atoms with E-state index in [-0.39, 0.29) is 0 Å². The standard InChI is InChI=1S/C9H12N2O2S/c1-2-9(11-14(10,12)13)8-6-4-3-5-7-8/h2-7,9,11H,1H2,(H2,10,12,13). The van der Waals surface area contributed by atoms with Crippen LogP contribution >= 0.6 is 0 Å². The SMILES string of the molecule is C=CC(NS(N)(=O)=O)c1ccccc1. The fourth-order valence-electron chi connectivity index (χ4n) is 1.09. The molecule has 0 bridgehead atoms. The minimum atomic E-state index is -3.70. The largest absolute Gasteiger partial charge is 0.275 e. The lowest BCUT2D eigenvalue weighted by atomic mass is 10.1. The molecule has 0 heterocycles. The van der Waals surface area contributed by atoms with Crippen molar-refractivity contribution < 1.29 is 8.42 Å². The zero-order valence-electron chi connectivity index (χ0n) is 7.55. The van der Waals surface area contributed by atoms with Gasteiger partial charge in [-0.25, -0.2) is 5.14 Å². The highest BCUT2D eigenvalue weighted by molar-refractivity contribution is 7.87. The Balaban J connectivity index is 2.89. The van der Waals surface area contributed by atoms with Gasteiger partial charge >= 0.3 is 0 Å². The van der Waals surface area contributed by atoms with E-state index in [0.717, 1.165) is 5.56 Å². The molecule has 3 N–H and O–H groups in total. The molecule has 0 radical (unpaired) electrons. The van der Waals surface area contributed by atoms with Crippen LogP contribution < -0.4 is 9.86 Å². The Morgan fingerprint density at radius 2 is 1.93 bits per heavy atom. The van der Waals surface area contributed by atoms with Gasteiger partial charge in [0.05, 0.1) is 6.04 Å². The number of rotatable bonds is 4. The van der Waals surface area contributed by atoms with Gasteiger partial charge in [0.25, 0.3) is 10.2 Å². The van der Waals surface area contributed by atoms with Crippen LogP contribution in [0.4, 0.5) is 0 Å². The molecular formula is C9H12N2O2S. The molecule has 1 atom stereocenters. The third kappa shape index (κ3) is 3.29. The first-order chi connectivity index (χ1) is 6.53. The second-order valence-electron chi connectivity index (χ2n) is 2.79. The van der Waals surface area contributed by atoms with Crippen molar-refractivity contribution in [2.24, 2.45) is 5.14 Å². The minimum absolute atomic E-state index is 0.480. The lowest BCUT2D eigenvalue weighted by Crippen LogP contribution is -2.33. The summed E-state index contributed by atoms with van der Waals surface area (Å²) in [6, 6.07) is 8.59. The maximum Gasteiger partial charge on any atom is 0.275 e. The molecule has 0 spiro atoms. The van der Waals surface area contributed by atoms with Crippen LogP contribution in [0.25, 0.3) is 0 Å². The highest BCUT2D eigenvalue weighted by Crippen LogP contribution is 2.13. The van der Waals surface area contributed by atoms with Gasteiger partial charge in [-0.1, -0.05) is 36.4 Å². The highest BCUT2D eigenvalue weighted by Gasteiger charge is 2.11. The predicted molar refractivity (Wildman–Crippen MR) is 55.6 cm³/mol. The van der Waals surface area contributed by atoms with E-state index in [1.165, 1.54) is 6.08 Å². The van der Waals surface area contributed by atoms with Crippen molar-refractivity contribution in [1.29, 1.82) is 0 Å². The maximum atomic E-state index is 10.8. The van der Waals surface area contributed by atoms with Crippen LogP contribution in [-0.2, 0) is 10.2 Å². The summed E-state index contributed by atoms with van der Waals surface area (Å²) in [5.74, 6) is 0. The first kappa shape index (κ1) is 10.9. The van der Waals surface area contributed by atoms with Gasteiger partial charge in [-0.2, -0.15) is 13.1 Å². The fourth-order valence-corrected chi connectivity index (χ4v) is 1.68. The quantitative estimate of drug-likeness (QED) is 0.721. The van der Waals surface area contributed by atoms with Crippen LogP contribution in [-0.4, -0.2) is 8.42 Å². The third-order valence-corrected chi connectivity index (χ3v) is 2.27.